The number of amides is 1. The zero-order valence-corrected chi connectivity index (χ0v) is 12.4. The fourth-order valence-electron chi connectivity index (χ4n) is 1.48. The normalized spacial score (nSPS) is 13.2. The van der Waals surface area contributed by atoms with Crippen molar-refractivity contribution in [3.05, 3.63) is 34.9 Å². The number of nitrogens with zero attached hydrogens (tertiary/aromatic N) is 1. The average molecular weight is 359 g/mol. The summed E-state index contributed by atoms with van der Waals surface area (Å²) in [5.74, 6) is -0.611. The zero-order chi connectivity index (χ0) is 14.6. The summed E-state index contributed by atoms with van der Waals surface area (Å²) in [4.78, 5) is 12.4. The second-order valence-corrected chi connectivity index (χ2v) is 5.00. The van der Waals surface area contributed by atoms with E-state index in [4.69, 9.17) is 11.6 Å². The van der Waals surface area contributed by atoms with E-state index in [-0.39, 0.29) is 11.9 Å². The minimum Gasteiger partial charge on any atom is -0.326 e. The Balaban J connectivity index is 2.92. The third-order valence-corrected chi connectivity index (χ3v) is 3.37. The fourth-order valence-corrected chi connectivity index (χ4v) is 1.93. The van der Waals surface area contributed by atoms with E-state index in [1.165, 1.54) is 0 Å². The summed E-state index contributed by atoms with van der Waals surface area (Å²) in [5, 5.41) is 0.340. The number of benzene rings is 1. The summed E-state index contributed by atoms with van der Waals surface area (Å²) in [5.41, 5.74) is 0.592. The molecule has 19 heavy (non-hydrogen) atoms. The first-order valence-corrected chi connectivity index (χ1v) is 6.92. The van der Waals surface area contributed by atoms with Crippen molar-refractivity contribution in [2.75, 3.05) is 5.33 Å². The van der Waals surface area contributed by atoms with Crippen LogP contribution in [0, 0.1) is 0 Å². The first-order valence-electron chi connectivity index (χ1n) is 5.42. The van der Waals surface area contributed by atoms with Crippen molar-refractivity contribution in [1.82, 2.24) is 4.90 Å². The molecular formula is C12H12BrClF3NO. The quantitative estimate of drug-likeness (QED) is 0.745. The van der Waals surface area contributed by atoms with Crippen molar-refractivity contribution >= 4 is 33.4 Å². The largest absolute Gasteiger partial charge is 0.408 e. The lowest BCUT2D eigenvalue weighted by molar-refractivity contribution is -0.186. The predicted octanol–water partition coefficient (Wildman–Crippen LogP) is 4.01. The lowest BCUT2D eigenvalue weighted by atomic mass is 10.1. The summed E-state index contributed by atoms with van der Waals surface area (Å²) in [6.45, 7) is 0.860. The van der Waals surface area contributed by atoms with E-state index in [1.807, 2.05) is 0 Å². The molecule has 0 unspecified atom stereocenters. The highest BCUT2D eigenvalue weighted by Crippen LogP contribution is 2.26. The van der Waals surface area contributed by atoms with E-state index in [0.29, 0.717) is 10.6 Å². The third kappa shape index (κ3) is 4.69. The second kappa shape index (κ2) is 6.61. The van der Waals surface area contributed by atoms with Crippen LogP contribution >= 0.6 is 27.5 Å². The van der Waals surface area contributed by atoms with Crippen LogP contribution in [0.5, 0.6) is 0 Å². The number of hydrogen-bond donors (Lipinski definition) is 0. The highest BCUT2D eigenvalue weighted by Gasteiger charge is 2.41. The first kappa shape index (κ1) is 16.3. The molecule has 0 aromatic heterocycles. The van der Waals surface area contributed by atoms with Gasteiger partial charge in [0.15, 0.2) is 0 Å². The average Bonchev–Trinajstić information content (AvgIpc) is 2.35. The van der Waals surface area contributed by atoms with Gasteiger partial charge in [-0.15, -0.1) is 0 Å². The van der Waals surface area contributed by atoms with Gasteiger partial charge in [0.2, 0.25) is 5.91 Å². The van der Waals surface area contributed by atoms with E-state index < -0.39 is 18.1 Å². The van der Waals surface area contributed by atoms with Crippen molar-refractivity contribution in [1.29, 1.82) is 0 Å². The van der Waals surface area contributed by atoms with Crippen LogP contribution in [0.1, 0.15) is 12.5 Å². The van der Waals surface area contributed by atoms with Gasteiger partial charge in [-0.3, -0.25) is 4.79 Å². The molecule has 0 bridgehead atoms. The maximum atomic E-state index is 12.7. The van der Waals surface area contributed by atoms with Gasteiger partial charge in [-0.2, -0.15) is 13.2 Å². The van der Waals surface area contributed by atoms with Crippen molar-refractivity contribution < 1.29 is 18.0 Å². The molecule has 0 saturated carbocycles. The van der Waals surface area contributed by atoms with Gasteiger partial charge >= 0.3 is 6.18 Å². The number of carbonyl (C=O) groups is 1. The molecule has 0 saturated heterocycles. The smallest absolute Gasteiger partial charge is 0.326 e. The molecule has 7 heteroatoms. The molecule has 1 atom stereocenters. The van der Waals surface area contributed by atoms with Gasteiger partial charge in [-0.1, -0.05) is 39.7 Å². The summed E-state index contributed by atoms with van der Waals surface area (Å²) in [6.07, 6.45) is -4.45. The van der Waals surface area contributed by atoms with Gasteiger partial charge in [0.1, 0.15) is 6.04 Å². The molecule has 0 aliphatic heterocycles. The Morgan fingerprint density at radius 3 is 2.32 bits per heavy atom. The highest BCUT2D eigenvalue weighted by molar-refractivity contribution is 9.09. The Hall–Kier alpha value is -0.750. The number of halogens is 5. The lowest BCUT2D eigenvalue weighted by Crippen LogP contribution is -2.47. The van der Waals surface area contributed by atoms with Crippen LogP contribution in [0.25, 0.3) is 0 Å². The van der Waals surface area contributed by atoms with Crippen LogP contribution in [0.4, 0.5) is 13.2 Å². The minimum absolute atomic E-state index is 0.109. The van der Waals surface area contributed by atoms with Gasteiger partial charge in [0.25, 0.3) is 0 Å². The van der Waals surface area contributed by atoms with Crippen LogP contribution in [0.15, 0.2) is 24.3 Å². The van der Waals surface area contributed by atoms with Crippen molar-refractivity contribution in [3.8, 4) is 0 Å². The third-order valence-electron chi connectivity index (χ3n) is 2.64. The molecular weight excluding hydrogens is 346 g/mol. The van der Waals surface area contributed by atoms with Gasteiger partial charge in [0, 0.05) is 11.6 Å². The molecule has 2 nitrogen and oxygen atoms in total. The van der Waals surface area contributed by atoms with E-state index in [0.717, 1.165) is 11.8 Å². The second-order valence-electron chi connectivity index (χ2n) is 4.00. The maximum Gasteiger partial charge on any atom is 0.408 e. The monoisotopic (exact) mass is 357 g/mol. The van der Waals surface area contributed by atoms with Crippen molar-refractivity contribution in [2.24, 2.45) is 0 Å². The Bertz CT molecular complexity index is 436. The molecule has 0 fully saturated rings. The van der Waals surface area contributed by atoms with Crippen LogP contribution < -0.4 is 0 Å². The first-order chi connectivity index (χ1) is 8.75. The van der Waals surface area contributed by atoms with E-state index in [9.17, 15) is 18.0 Å². The van der Waals surface area contributed by atoms with Crippen molar-refractivity contribution in [3.63, 3.8) is 0 Å². The Morgan fingerprint density at radius 2 is 1.89 bits per heavy atom. The van der Waals surface area contributed by atoms with Gasteiger partial charge in [-0.25, -0.2) is 0 Å². The Morgan fingerprint density at radius 1 is 1.37 bits per heavy atom. The Labute approximate surface area is 122 Å². The van der Waals surface area contributed by atoms with Crippen LogP contribution in [0.3, 0.4) is 0 Å². The summed E-state index contributed by atoms with van der Waals surface area (Å²) < 4.78 is 38.2. The highest BCUT2D eigenvalue weighted by atomic mass is 79.9. The van der Waals surface area contributed by atoms with Crippen LogP contribution in [-0.4, -0.2) is 28.4 Å². The summed E-state index contributed by atoms with van der Waals surface area (Å²) in [6, 6.07) is 4.51. The van der Waals surface area contributed by atoms with Crippen molar-refractivity contribution in [2.45, 2.75) is 25.7 Å². The summed E-state index contributed by atoms with van der Waals surface area (Å²) >= 11 is 8.60. The maximum absolute atomic E-state index is 12.7. The standard InChI is InChI=1S/C12H12BrClF3NO/c1-8(12(15,16)17)18(11(19)6-13)7-9-2-4-10(14)5-3-9/h2-5,8H,6-7H2,1H3/t8-/m0/s1. The molecule has 1 aromatic rings. The molecule has 0 aliphatic rings. The van der Waals surface area contributed by atoms with Crippen LogP contribution in [0.2, 0.25) is 5.02 Å². The SMILES string of the molecule is C[C@H](N(Cc1ccc(Cl)cc1)C(=O)CBr)C(F)(F)F. The topological polar surface area (TPSA) is 20.3 Å². The zero-order valence-electron chi connectivity index (χ0n) is 10.0. The fraction of sp³-hybridized carbons (Fsp3) is 0.417. The molecule has 0 heterocycles. The van der Waals surface area contributed by atoms with E-state index in [2.05, 4.69) is 15.9 Å². The van der Waals surface area contributed by atoms with Gasteiger partial charge in [-0.05, 0) is 24.6 Å². The van der Waals surface area contributed by atoms with Gasteiger partial charge < -0.3 is 4.90 Å². The lowest BCUT2D eigenvalue weighted by Gasteiger charge is -2.30. The minimum atomic E-state index is -4.45. The van der Waals surface area contributed by atoms with Crippen LogP contribution in [-0.2, 0) is 11.3 Å². The molecule has 1 rings (SSSR count). The molecule has 0 aliphatic carbocycles. The number of rotatable bonds is 4. The van der Waals surface area contributed by atoms with E-state index >= 15 is 0 Å². The number of carbonyl (C=O) groups excluding carboxylic acids is 1. The van der Waals surface area contributed by atoms with Gasteiger partial charge in [0.05, 0.1) is 5.33 Å². The van der Waals surface area contributed by atoms with E-state index in [1.54, 1.807) is 24.3 Å². The predicted molar refractivity (Wildman–Crippen MR) is 71.3 cm³/mol. The number of hydrogen-bond acceptors (Lipinski definition) is 1. The molecule has 1 aromatic carbocycles. The molecule has 0 spiro atoms. The number of alkyl halides is 4. The summed E-state index contributed by atoms with van der Waals surface area (Å²) in [7, 11) is 0. The molecule has 1 amide bonds. The molecule has 106 valence electrons. The molecule has 0 N–H and O–H groups in total. The molecule has 0 radical (unpaired) electrons. The Kier molecular flexibility index (Phi) is 5.67.